The van der Waals surface area contributed by atoms with E-state index in [2.05, 4.69) is 15.3 Å². The zero-order chi connectivity index (χ0) is 16.2. The first kappa shape index (κ1) is 15.5. The van der Waals surface area contributed by atoms with E-state index in [9.17, 15) is 4.79 Å². The van der Waals surface area contributed by atoms with Crippen LogP contribution in [0.25, 0.3) is 10.9 Å². The minimum atomic E-state index is -0.257. The van der Waals surface area contributed by atoms with Gasteiger partial charge in [0.1, 0.15) is 11.4 Å². The lowest BCUT2D eigenvalue weighted by molar-refractivity contribution is -0.115. The Hall–Kier alpha value is -2.40. The number of amides is 1. The molecule has 5 heteroatoms. The Bertz CT molecular complexity index is 845. The van der Waals surface area contributed by atoms with E-state index in [0.29, 0.717) is 0 Å². The Morgan fingerprint density at radius 3 is 2.65 bits per heavy atom. The summed E-state index contributed by atoms with van der Waals surface area (Å²) in [6.07, 6.45) is 1.54. The van der Waals surface area contributed by atoms with E-state index in [0.717, 1.165) is 27.2 Å². The number of thioether (sulfide) groups is 1. The Morgan fingerprint density at radius 1 is 1.09 bits per heavy atom. The normalized spacial score (nSPS) is 12.1. The minimum absolute atomic E-state index is 0.0352. The minimum Gasteiger partial charge on any atom is -0.325 e. The molecule has 1 heterocycles. The number of carbonyl (C=O) groups excluding carboxylic acids is 1. The summed E-state index contributed by atoms with van der Waals surface area (Å²) in [7, 11) is 0. The fourth-order valence-corrected chi connectivity index (χ4v) is 3.15. The summed E-state index contributed by atoms with van der Waals surface area (Å²) >= 11 is 1.44. The zero-order valence-electron chi connectivity index (χ0n) is 13.0. The molecule has 0 saturated heterocycles. The summed E-state index contributed by atoms with van der Waals surface area (Å²) in [4.78, 5) is 21.0. The molecule has 116 valence electrons. The van der Waals surface area contributed by atoms with Crippen molar-refractivity contribution in [2.75, 3.05) is 5.32 Å². The number of anilines is 1. The fourth-order valence-electron chi connectivity index (χ4n) is 2.24. The number of fused-ring (bicyclic) bond motifs is 1. The quantitative estimate of drug-likeness (QED) is 0.581. The lowest BCUT2D eigenvalue weighted by atomic mass is 10.2. The topological polar surface area (TPSA) is 54.9 Å². The molecule has 23 heavy (non-hydrogen) atoms. The third kappa shape index (κ3) is 3.51. The highest BCUT2D eigenvalue weighted by Gasteiger charge is 2.17. The van der Waals surface area contributed by atoms with E-state index in [1.807, 2.05) is 62.4 Å². The maximum absolute atomic E-state index is 12.4. The van der Waals surface area contributed by atoms with Gasteiger partial charge in [-0.2, -0.15) is 0 Å². The molecule has 1 N–H and O–H groups in total. The standard InChI is InChI=1S/C18H17N3OS/c1-12-7-3-5-9-15(12)21-17(22)13(2)23-18-14-8-4-6-10-16(14)19-11-20-18/h3-11,13H,1-2H3,(H,21,22)/t13-/m1/s1. The summed E-state index contributed by atoms with van der Waals surface area (Å²) in [5, 5.41) is 4.51. The van der Waals surface area contributed by atoms with Gasteiger partial charge in [0.25, 0.3) is 0 Å². The number of carbonyl (C=O) groups is 1. The van der Waals surface area contributed by atoms with E-state index in [4.69, 9.17) is 0 Å². The molecule has 1 atom stereocenters. The van der Waals surface area contributed by atoms with Gasteiger partial charge in [0.05, 0.1) is 10.8 Å². The highest BCUT2D eigenvalue weighted by Crippen LogP contribution is 2.28. The van der Waals surface area contributed by atoms with Crippen molar-refractivity contribution in [3.8, 4) is 0 Å². The average molecular weight is 323 g/mol. The second kappa shape index (κ2) is 6.79. The van der Waals surface area contributed by atoms with Crippen molar-refractivity contribution in [3.05, 3.63) is 60.4 Å². The number of hydrogen-bond acceptors (Lipinski definition) is 4. The predicted octanol–water partition coefficient (Wildman–Crippen LogP) is 4.06. The Labute approximate surface area is 139 Å². The largest absolute Gasteiger partial charge is 0.325 e. The number of aromatic nitrogens is 2. The number of rotatable bonds is 4. The number of benzene rings is 2. The molecule has 2 aromatic carbocycles. The molecule has 1 amide bonds. The Kier molecular flexibility index (Phi) is 4.57. The number of para-hydroxylation sites is 2. The van der Waals surface area contributed by atoms with Crippen LogP contribution in [0.2, 0.25) is 0 Å². The van der Waals surface area contributed by atoms with Gasteiger partial charge in [-0.25, -0.2) is 9.97 Å². The first-order chi connectivity index (χ1) is 11.1. The van der Waals surface area contributed by atoms with Crippen LogP contribution in [0.15, 0.2) is 59.9 Å². The van der Waals surface area contributed by atoms with E-state index < -0.39 is 0 Å². The van der Waals surface area contributed by atoms with Crippen LogP contribution in [-0.4, -0.2) is 21.1 Å². The lowest BCUT2D eigenvalue weighted by Crippen LogP contribution is -2.23. The van der Waals surface area contributed by atoms with Crippen molar-refractivity contribution in [3.63, 3.8) is 0 Å². The van der Waals surface area contributed by atoms with Crippen molar-refractivity contribution in [1.29, 1.82) is 0 Å². The van der Waals surface area contributed by atoms with Gasteiger partial charge in [-0.05, 0) is 31.5 Å². The molecule has 0 radical (unpaired) electrons. The van der Waals surface area contributed by atoms with Gasteiger partial charge in [0.15, 0.2) is 0 Å². The molecule has 0 fully saturated rings. The van der Waals surface area contributed by atoms with Crippen LogP contribution in [0.4, 0.5) is 5.69 Å². The average Bonchev–Trinajstić information content (AvgIpc) is 2.57. The van der Waals surface area contributed by atoms with Crippen molar-refractivity contribution in [2.24, 2.45) is 0 Å². The second-order valence-corrected chi connectivity index (χ2v) is 6.59. The first-order valence-corrected chi connectivity index (χ1v) is 8.26. The highest BCUT2D eigenvalue weighted by atomic mass is 32.2. The zero-order valence-corrected chi connectivity index (χ0v) is 13.8. The van der Waals surface area contributed by atoms with Crippen LogP contribution in [0.1, 0.15) is 12.5 Å². The monoisotopic (exact) mass is 323 g/mol. The highest BCUT2D eigenvalue weighted by molar-refractivity contribution is 8.00. The Morgan fingerprint density at radius 2 is 1.83 bits per heavy atom. The number of hydrogen-bond donors (Lipinski definition) is 1. The second-order valence-electron chi connectivity index (χ2n) is 5.26. The van der Waals surface area contributed by atoms with Crippen LogP contribution < -0.4 is 5.32 Å². The van der Waals surface area contributed by atoms with E-state index >= 15 is 0 Å². The van der Waals surface area contributed by atoms with Crippen molar-refractivity contribution in [2.45, 2.75) is 24.1 Å². The van der Waals surface area contributed by atoms with Crippen LogP contribution in [-0.2, 0) is 4.79 Å². The molecule has 4 nitrogen and oxygen atoms in total. The van der Waals surface area contributed by atoms with Gasteiger partial charge in [-0.1, -0.05) is 48.2 Å². The molecule has 1 aromatic heterocycles. The van der Waals surface area contributed by atoms with Crippen LogP contribution >= 0.6 is 11.8 Å². The molecule has 0 aliphatic rings. The van der Waals surface area contributed by atoms with Crippen LogP contribution in [0.3, 0.4) is 0 Å². The molecule has 3 rings (SSSR count). The molecule has 0 bridgehead atoms. The summed E-state index contributed by atoms with van der Waals surface area (Å²) in [5.41, 5.74) is 2.78. The number of aryl methyl sites for hydroxylation is 1. The van der Waals surface area contributed by atoms with Gasteiger partial charge in [0.2, 0.25) is 5.91 Å². The third-order valence-corrected chi connectivity index (χ3v) is 4.68. The molecular weight excluding hydrogens is 306 g/mol. The molecule has 0 aliphatic heterocycles. The number of nitrogens with one attached hydrogen (secondary N) is 1. The maximum atomic E-state index is 12.4. The van der Waals surface area contributed by atoms with Crippen LogP contribution in [0.5, 0.6) is 0 Å². The van der Waals surface area contributed by atoms with E-state index in [1.165, 1.54) is 18.1 Å². The van der Waals surface area contributed by atoms with Crippen molar-refractivity contribution >= 4 is 34.3 Å². The molecular formula is C18H17N3OS. The summed E-state index contributed by atoms with van der Waals surface area (Å²) in [5.74, 6) is -0.0352. The van der Waals surface area contributed by atoms with Gasteiger partial charge in [-0.15, -0.1) is 0 Å². The molecule has 0 unspecified atom stereocenters. The molecule has 0 saturated carbocycles. The summed E-state index contributed by atoms with van der Waals surface area (Å²) < 4.78 is 0. The van der Waals surface area contributed by atoms with Crippen molar-refractivity contribution in [1.82, 2.24) is 9.97 Å². The summed E-state index contributed by atoms with van der Waals surface area (Å²) in [6.45, 7) is 3.86. The molecule has 0 aliphatic carbocycles. The lowest BCUT2D eigenvalue weighted by Gasteiger charge is -2.13. The molecule has 3 aromatic rings. The van der Waals surface area contributed by atoms with Gasteiger partial charge >= 0.3 is 0 Å². The van der Waals surface area contributed by atoms with Gasteiger partial charge in [-0.3, -0.25) is 4.79 Å². The summed E-state index contributed by atoms with van der Waals surface area (Å²) in [6, 6.07) is 15.6. The smallest absolute Gasteiger partial charge is 0.237 e. The van der Waals surface area contributed by atoms with Gasteiger partial charge < -0.3 is 5.32 Å². The Balaban J connectivity index is 1.77. The third-order valence-electron chi connectivity index (χ3n) is 3.57. The number of nitrogens with zero attached hydrogens (tertiary/aromatic N) is 2. The van der Waals surface area contributed by atoms with Gasteiger partial charge in [0, 0.05) is 11.1 Å². The predicted molar refractivity (Wildman–Crippen MR) is 94.7 cm³/mol. The SMILES string of the molecule is Cc1ccccc1NC(=O)[C@@H](C)Sc1ncnc2ccccc12. The van der Waals surface area contributed by atoms with Crippen molar-refractivity contribution < 1.29 is 4.79 Å². The van der Waals surface area contributed by atoms with E-state index in [1.54, 1.807) is 0 Å². The van der Waals surface area contributed by atoms with E-state index in [-0.39, 0.29) is 11.2 Å². The molecule has 0 spiro atoms. The maximum Gasteiger partial charge on any atom is 0.237 e. The van der Waals surface area contributed by atoms with Crippen LogP contribution in [0, 0.1) is 6.92 Å². The first-order valence-electron chi connectivity index (χ1n) is 7.38. The fraction of sp³-hybridized carbons (Fsp3) is 0.167.